The maximum atomic E-state index is 5.37. The molecule has 0 aliphatic carbocycles. The fourth-order valence-electron chi connectivity index (χ4n) is 0.613. The standard InChI is InChI=1S/C7H4Cl2IN/c8-7(9)11-6-3-1-5(10)2-4-6/h1-4H. The lowest BCUT2D eigenvalue weighted by molar-refractivity contribution is 1.52. The van der Waals surface area contributed by atoms with Gasteiger partial charge in [0.1, 0.15) is 0 Å². The summed E-state index contributed by atoms with van der Waals surface area (Å²) in [6, 6.07) is 7.59. The van der Waals surface area contributed by atoms with Gasteiger partial charge in [0.15, 0.2) is 4.63 Å². The van der Waals surface area contributed by atoms with E-state index in [4.69, 9.17) is 23.2 Å². The molecule has 1 nitrogen and oxygen atoms in total. The zero-order chi connectivity index (χ0) is 8.27. The first kappa shape index (κ1) is 9.29. The predicted octanol–water partition coefficient (Wildman–Crippen LogP) is 3.76. The fourth-order valence-corrected chi connectivity index (χ4v) is 1.17. The van der Waals surface area contributed by atoms with Crippen LogP contribution in [-0.2, 0) is 0 Å². The van der Waals surface area contributed by atoms with Crippen LogP contribution in [-0.4, -0.2) is 4.63 Å². The molecule has 4 heteroatoms. The monoisotopic (exact) mass is 299 g/mol. The molecule has 0 aliphatic heterocycles. The highest BCUT2D eigenvalue weighted by molar-refractivity contribution is 14.1. The summed E-state index contributed by atoms with van der Waals surface area (Å²) in [6.45, 7) is 0. The van der Waals surface area contributed by atoms with Gasteiger partial charge in [-0.1, -0.05) is 0 Å². The average molecular weight is 300 g/mol. The number of halogens is 3. The molecule has 0 saturated carbocycles. The Morgan fingerprint density at radius 3 is 2.18 bits per heavy atom. The van der Waals surface area contributed by atoms with E-state index in [-0.39, 0.29) is 4.63 Å². The summed E-state index contributed by atoms with van der Waals surface area (Å²) < 4.78 is 1.19. The van der Waals surface area contributed by atoms with Crippen LogP contribution in [0.2, 0.25) is 0 Å². The van der Waals surface area contributed by atoms with Crippen LogP contribution >= 0.6 is 45.8 Å². The van der Waals surface area contributed by atoms with E-state index in [1.807, 2.05) is 24.3 Å². The van der Waals surface area contributed by atoms with Gasteiger partial charge < -0.3 is 0 Å². The highest BCUT2D eigenvalue weighted by atomic mass is 127. The Morgan fingerprint density at radius 1 is 1.18 bits per heavy atom. The van der Waals surface area contributed by atoms with Crippen LogP contribution in [0.15, 0.2) is 29.3 Å². The van der Waals surface area contributed by atoms with E-state index in [0.717, 1.165) is 9.26 Å². The quantitative estimate of drug-likeness (QED) is 0.553. The van der Waals surface area contributed by atoms with E-state index in [1.54, 1.807) is 0 Å². The third kappa shape index (κ3) is 3.40. The van der Waals surface area contributed by atoms with E-state index in [1.165, 1.54) is 0 Å². The van der Waals surface area contributed by atoms with Crippen molar-refractivity contribution >= 4 is 56.1 Å². The molecule has 0 heterocycles. The summed E-state index contributed by atoms with van der Waals surface area (Å²) in [6.07, 6.45) is 0. The first-order chi connectivity index (χ1) is 5.18. The van der Waals surface area contributed by atoms with Crippen LogP contribution in [0.4, 0.5) is 5.69 Å². The summed E-state index contributed by atoms with van der Waals surface area (Å²) in [5.41, 5.74) is 0.769. The molecular weight excluding hydrogens is 296 g/mol. The van der Waals surface area contributed by atoms with Crippen molar-refractivity contribution in [2.45, 2.75) is 0 Å². The van der Waals surface area contributed by atoms with Crippen molar-refractivity contribution in [1.82, 2.24) is 0 Å². The molecule has 0 unspecified atom stereocenters. The molecule has 0 aliphatic rings. The Morgan fingerprint density at radius 2 is 1.73 bits per heavy atom. The largest absolute Gasteiger partial charge is 0.225 e. The number of aliphatic imine (C=N–C) groups is 1. The predicted molar refractivity (Wildman–Crippen MR) is 58.0 cm³/mol. The third-order valence-corrected chi connectivity index (χ3v) is 1.93. The lowest BCUT2D eigenvalue weighted by atomic mass is 10.3. The van der Waals surface area contributed by atoms with E-state index < -0.39 is 0 Å². The lowest BCUT2D eigenvalue weighted by Gasteiger charge is -1.92. The second-order valence-electron chi connectivity index (χ2n) is 1.83. The summed E-state index contributed by atoms with van der Waals surface area (Å²) in [5, 5.41) is 0. The molecule has 1 aromatic rings. The van der Waals surface area contributed by atoms with E-state index in [9.17, 15) is 0 Å². The normalized spacial score (nSPS) is 9.36. The fraction of sp³-hybridized carbons (Fsp3) is 0. The zero-order valence-corrected chi connectivity index (χ0v) is 9.06. The van der Waals surface area contributed by atoms with E-state index in [2.05, 4.69) is 27.6 Å². The van der Waals surface area contributed by atoms with Gasteiger partial charge in [-0.2, -0.15) is 0 Å². The molecule has 0 saturated heterocycles. The van der Waals surface area contributed by atoms with Crippen molar-refractivity contribution < 1.29 is 0 Å². The van der Waals surface area contributed by atoms with Gasteiger partial charge in [0.2, 0.25) is 0 Å². The molecule has 1 aromatic carbocycles. The molecule has 1 rings (SSSR count). The number of nitrogens with zero attached hydrogens (tertiary/aromatic N) is 1. The first-order valence-corrected chi connectivity index (χ1v) is 4.67. The summed E-state index contributed by atoms with van der Waals surface area (Å²) in [5.74, 6) is 0. The minimum absolute atomic E-state index is 0.0335. The average Bonchev–Trinajstić information content (AvgIpc) is 1.93. The first-order valence-electron chi connectivity index (χ1n) is 2.84. The Labute approximate surface area is 88.6 Å². The van der Waals surface area contributed by atoms with Crippen molar-refractivity contribution in [2.24, 2.45) is 4.99 Å². The number of benzene rings is 1. The van der Waals surface area contributed by atoms with Gasteiger partial charge in [0, 0.05) is 3.57 Å². The molecule has 0 bridgehead atoms. The van der Waals surface area contributed by atoms with E-state index >= 15 is 0 Å². The second kappa shape index (κ2) is 4.28. The molecule has 0 fully saturated rings. The number of hydrogen-bond donors (Lipinski definition) is 0. The SMILES string of the molecule is ClC(Cl)=Nc1ccc(I)cc1. The second-order valence-corrected chi connectivity index (χ2v) is 3.98. The van der Waals surface area contributed by atoms with Crippen LogP contribution < -0.4 is 0 Å². The Kier molecular flexibility index (Phi) is 3.62. The van der Waals surface area contributed by atoms with Gasteiger partial charge in [-0.25, -0.2) is 4.99 Å². The topological polar surface area (TPSA) is 12.4 Å². The highest BCUT2D eigenvalue weighted by Crippen LogP contribution is 2.15. The van der Waals surface area contributed by atoms with Crippen LogP contribution in [0.5, 0.6) is 0 Å². The Bertz CT molecular complexity index is 264. The molecule has 0 radical (unpaired) electrons. The van der Waals surface area contributed by atoms with Gasteiger partial charge in [-0.05, 0) is 70.1 Å². The molecule has 0 aromatic heterocycles. The maximum absolute atomic E-state index is 5.37. The van der Waals surface area contributed by atoms with Crippen molar-refractivity contribution in [3.63, 3.8) is 0 Å². The van der Waals surface area contributed by atoms with Gasteiger partial charge in [-0.3, -0.25) is 0 Å². The van der Waals surface area contributed by atoms with Gasteiger partial charge >= 0.3 is 0 Å². The maximum Gasteiger partial charge on any atom is 0.197 e. The highest BCUT2D eigenvalue weighted by Gasteiger charge is 1.90. The molecule has 0 N–H and O–H groups in total. The van der Waals surface area contributed by atoms with E-state index in [0.29, 0.717) is 0 Å². The van der Waals surface area contributed by atoms with Crippen LogP contribution in [0.3, 0.4) is 0 Å². The van der Waals surface area contributed by atoms with Crippen LogP contribution in [0, 0.1) is 3.57 Å². The molecular formula is C7H4Cl2IN. The minimum atomic E-state index is 0.0335. The van der Waals surface area contributed by atoms with Gasteiger partial charge in [0.25, 0.3) is 0 Å². The number of rotatable bonds is 1. The minimum Gasteiger partial charge on any atom is -0.225 e. The van der Waals surface area contributed by atoms with Crippen LogP contribution in [0.25, 0.3) is 0 Å². The summed E-state index contributed by atoms with van der Waals surface area (Å²) in [7, 11) is 0. The molecule has 58 valence electrons. The summed E-state index contributed by atoms with van der Waals surface area (Å²) in [4.78, 5) is 3.84. The Hall–Kier alpha value is 0.200. The van der Waals surface area contributed by atoms with Gasteiger partial charge in [-0.15, -0.1) is 0 Å². The van der Waals surface area contributed by atoms with Crippen molar-refractivity contribution in [2.75, 3.05) is 0 Å². The van der Waals surface area contributed by atoms with Crippen LogP contribution in [0.1, 0.15) is 0 Å². The molecule has 0 amide bonds. The van der Waals surface area contributed by atoms with Crippen molar-refractivity contribution in [3.05, 3.63) is 27.8 Å². The summed E-state index contributed by atoms with van der Waals surface area (Å²) >= 11 is 12.9. The Balaban J connectivity index is 2.91. The zero-order valence-electron chi connectivity index (χ0n) is 5.39. The van der Waals surface area contributed by atoms with Gasteiger partial charge in [0.05, 0.1) is 5.69 Å². The third-order valence-electron chi connectivity index (χ3n) is 1.04. The molecule has 0 atom stereocenters. The molecule has 11 heavy (non-hydrogen) atoms. The molecule has 0 spiro atoms. The van der Waals surface area contributed by atoms with Crippen molar-refractivity contribution in [1.29, 1.82) is 0 Å². The number of hydrogen-bond acceptors (Lipinski definition) is 1. The lowest BCUT2D eigenvalue weighted by Crippen LogP contribution is -1.71. The smallest absolute Gasteiger partial charge is 0.197 e. The van der Waals surface area contributed by atoms with Crippen molar-refractivity contribution in [3.8, 4) is 0 Å².